The minimum atomic E-state index is -0.429. The molecule has 0 bridgehead atoms. The zero-order valence-corrected chi connectivity index (χ0v) is 16.2. The summed E-state index contributed by atoms with van der Waals surface area (Å²) in [5.74, 6) is 0.205. The Labute approximate surface area is 171 Å². The van der Waals surface area contributed by atoms with Gasteiger partial charge in [-0.2, -0.15) is 0 Å². The lowest BCUT2D eigenvalue weighted by Crippen LogP contribution is -2.14. The molecule has 2 amide bonds. The van der Waals surface area contributed by atoms with Crippen molar-refractivity contribution in [1.29, 1.82) is 0 Å². The van der Waals surface area contributed by atoms with Crippen LogP contribution < -0.4 is 15.4 Å². The van der Waals surface area contributed by atoms with Crippen molar-refractivity contribution in [2.24, 2.45) is 0 Å². The molecule has 5 nitrogen and oxygen atoms in total. The molecule has 0 aromatic heterocycles. The van der Waals surface area contributed by atoms with Gasteiger partial charge in [-0.05, 0) is 61.0 Å². The van der Waals surface area contributed by atoms with E-state index >= 15 is 0 Å². The first-order chi connectivity index (χ1) is 13.4. The molecule has 1 aliphatic heterocycles. The Morgan fingerprint density at radius 1 is 1.00 bits per heavy atom. The number of anilines is 2. The Balaban J connectivity index is 1.64. The van der Waals surface area contributed by atoms with Crippen molar-refractivity contribution >= 4 is 46.4 Å². The van der Waals surface area contributed by atoms with Crippen LogP contribution in [0.4, 0.5) is 11.4 Å². The zero-order valence-electron chi connectivity index (χ0n) is 14.7. The van der Waals surface area contributed by atoms with E-state index in [-0.39, 0.29) is 16.5 Å². The van der Waals surface area contributed by atoms with Crippen LogP contribution in [0.2, 0.25) is 10.0 Å². The fourth-order valence-electron chi connectivity index (χ4n) is 2.88. The normalized spacial score (nSPS) is 12.2. The van der Waals surface area contributed by atoms with Crippen LogP contribution in [0.15, 0.2) is 54.6 Å². The molecule has 2 N–H and O–H groups in total. The van der Waals surface area contributed by atoms with E-state index in [1.807, 2.05) is 19.1 Å². The fourth-order valence-corrected chi connectivity index (χ4v) is 3.26. The van der Waals surface area contributed by atoms with Crippen molar-refractivity contribution in [3.05, 3.63) is 81.3 Å². The molecule has 0 saturated carbocycles. The summed E-state index contributed by atoms with van der Waals surface area (Å²) < 4.78 is 5.87. The van der Waals surface area contributed by atoms with Crippen molar-refractivity contribution in [2.75, 3.05) is 10.6 Å². The number of carbonyl (C=O) groups excluding carboxylic acids is 2. The highest BCUT2D eigenvalue weighted by atomic mass is 35.5. The van der Waals surface area contributed by atoms with Gasteiger partial charge in [0.15, 0.2) is 5.75 Å². The summed E-state index contributed by atoms with van der Waals surface area (Å²) in [5, 5.41) is 6.24. The second-order valence-corrected chi connectivity index (χ2v) is 7.19. The highest BCUT2D eigenvalue weighted by Gasteiger charge is 2.22. The van der Waals surface area contributed by atoms with Crippen LogP contribution >= 0.6 is 23.2 Å². The molecular weight excluding hydrogens is 399 g/mol. The quantitative estimate of drug-likeness (QED) is 0.549. The van der Waals surface area contributed by atoms with Gasteiger partial charge in [-0.25, -0.2) is 0 Å². The van der Waals surface area contributed by atoms with Crippen LogP contribution in [-0.4, -0.2) is 11.8 Å². The molecule has 0 aliphatic carbocycles. The molecule has 3 aromatic carbocycles. The second-order valence-electron chi connectivity index (χ2n) is 6.35. The standard InChI is InChI=1S/C21H14Cl2N2O3/c1-11-2-6-19-17(8-11)25-21(27)15-10-13(4-7-18(15)28-19)24-20(26)14-9-12(22)3-5-16(14)23/h2-10H,1H3,(H,24,26)(H,25,27). The highest BCUT2D eigenvalue weighted by molar-refractivity contribution is 6.36. The van der Waals surface area contributed by atoms with Crippen molar-refractivity contribution in [3.8, 4) is 11.5 Å². The number of nitrogens with one attached hydrogen (secondary N) is 2. The minimum Gasteiger partial charge on any atom is -0.454 e. The first kappa shape index (κ1) is 18.3. The van der Waals surface area contributed by atoms with Gasteiger partial charge in [-0.1, -0.05) is 29.3 Å². The Bertz CT molecular complexity index is 1130. The molecule has 3 aromatic rings. The van der Waals surface area contributed by atoms with Crippen LogP contribution in [-0.2, 0) is 0 Å². The average molecular weight is 413 g/mol. The van der Waals surface area contributed by atoms with Crippen molar-refractivity contribution < 1.29 is 14.3 Å². The molecule has 0 fully saturated rings. The first-order valence-corrected chi connectivity index (χ1v) is 9.16. The van der Waals surface area contributed by atoms with E-state index in [0.717, 1.165) is 5.56 Å². The van der Waals surface area contributed by atoms with Crippen LogP contribution in [0.3, 0.4) is 0 Å². The molecule has 140 valence electrons. The maximum atomic E-state index is 12.6. The Kier molecular flexibility index (Phi) is 4.71. The first-order valence-electron chi connectivity index (χ1n) is 8.41. The SMILES string of the molecule is Cc1ccc2c(c1)NC(=O)c1cc(NC(=O)c3cc(Cl)ccc3Cl)ccc1O2. The largest absolute Gasteiger partial charge is 0.454 e. The predicted molar refractivity (Wildman–Crippen MR) is 110 cm³/mol. The van der Waals surface area contributed by atoms with Gasteiger partial charge >= 0.3 is 0 Å². The van der Waals surface area contributed by atoms with E-state index in [9.17, 15) is 9.59 Å². The molecule has 4 rings (SSSR count). The van der Waals surface area contributed by atoms with E-state index in [1.54, 1.807) is 36.4 Å². The minimum absolute atomic E-state index is 0.243. The fraction of sp³-hybridized carbons (Fsp3) is 0.0476. The molecule has 1 aliphatic rings. The monoisotopic (exact) mass is 412 g/mol. The van der Waals surface area contributed by atoms with E-state index in [1.165, 1.54) is 6.07 Å². The van der Waals surface area contributed by atoms with Gasteiger partial charge in [0.2, 0.25) is 0 Å². The number of carbonyl (C=O) groups is 2. The molecular formula is C21H14Cl2N2O3. The second kappa shape index (κ2) is 7.19. The summed E-state index contributed by atoms with van der Waals surface area (Å²) in [6.07, 6.45) is 0. The summed E-state index contributed by atoms with van der Waals surface area (Å²) >= 11 is 12.0. The number of fused-ring (bicyclic) bond motifs is 2. The van der Waals surface area contributed by atoms with E-state index in [0.29, 0.717) is 33.5 Å². The van der Waals surface area contributed by atoms with E-state index < -0.39 is 5.91 Å². The van der Waals surface area contributed by atoms with Crippen LogP contribution in [0.25, 0.3) is 0 Å². The lowest BCUT2D eigenvalue weighted by molar-refractivity contribution is 0.101. The van der Waals surface area contributed by atoms with Gasteiger partial charge in [0.1, 0.15) is 5.75 Å². The number of benzene rings is 3. The van der Waals surface area contributed by atoms with Crippen LogP contribution in [0, 0.1) is 6.92 Å². The van der Waals surface area contributed by atoms with Gasteiger partial charge < -0.3 is 15.4 Å². The average Bonchev–Trinajstić information content (AvgIpc) is 2.79. The maximum absolute atomic E-state index is 12.6. The third-order valence-electron chi connectivity index (χ3n) is 4.26. The zero-order chi connectivity index (χ0) is 19.8. The number of halogens is 2. The molecule has 28 heavy (non-hydrogen) atoms. The smallest absolute Gasteiger partial charge is 0.259 e. The third-order valence-corrected chi connectivity index (χ3v) is 4.82. The summed E-state index contributed by atoms with van der Waals surface area (Å²) in [4.78, 5) is 25.2. The van der Waals surface area contributed by atoms with Gasteiger partial charge in [0.25, 0.3) is 11.8 Å². The van der Waals surface area contributed by atoms with Gasteiger partial charge in [-0.15, -0.1) is 0 Å². The van der Waals surface area contributed by atoms with Crippen LogP contribution in [0.1, 0.15) is 26.3 Å². The molecule has 7 heteroatoms. The number of amides is 2. The molecule has 0 radical (unpaired) electrons. The Morgan fingerprint density at radius 2 is 1.79 bits per heavy atom. The lowest BCUT2D eigenvalue weighted by atomic mass is 10.1. The van der Waals surface area contributed by atoms with E-state index in [2.05, 4.69) is 10.6 Å². The van der Waals surface area contributed by atoms with Crippen molar-refractivity contribution in [2.45, 2.75) is 6.92 Å². The van der Waals surface area contributed by atoms with Gasteiger partial charge in [0, 0.05) is 10.7 Å². The summed E-state index contributed by atoms with van der Waals surface area (Å²) in [5.41, 5.74) is 2.58. The van der Waals surface area contributed by atoms with Gasteiger partial charge in [0.05, 0.1) is 21.8 Å². The summed E-state index contributed by atoms with van der Waals surface area (Å²) in [7, 11) is 0. The molecule has 0 spiro atoms. The Morgan fingerprint density at radius 3 is 2.61 bits per heavy atom. The number of ether oxygens (including phenoxy) is 1. The topological polar surface area (TPSA) is 67.4 Å². The molecule has 0 unspecified atom stereocenters. The number of aryl methyl sites for hydroxylation is 1. The number of rotatable bonds is 2. The summed E-state index contributed by atoms with van der Waals surface area (Å²) in [6, 6.07) is 15.0. The molecule has 0 saturated heterocycles. The van der Waals surface area contributed by atoms with Gasteiger partial charge in [-0.3, -0.25) is 9.59 Å². The van der Waals surface area contributed by atoms with E-state index in [4.69, 9.17) is 27.9 Å². The Hall–Kier alpha value is -3.02. The number of hydrogen-bond acceptors (Lipinski definition) is 3. The maximum Gasteiger partial charge on any atom is 0.259 e. The molecule has 1 heterocycles. The highest BCUT2D eigenvalue weighted by Crippen LogP contribution is 2.37. The lowest BCUT2D eigenvalue weighted by Gasteiger charge is -2.11. The summed E-state index contributed by atoms with van der Waals surface area (Å²) in [6.45, 7) is 1.93. The van der Waals surface area contributed by atoms with Crippen molar-refractivity contribution in [1.82, 2.24) is 0 Å². The van der Waals surface area contributed by atoms with Crippen molar-refractivity contribution in [3.63, 3.8) is 0 Å². The predicted octanol–water partition coefficient (Wildman–Crippen LogP) is 5.91. The molecule has 0 atom stereocenters. The van der Waals surface area contributed by atoms with Crippen LogP contribution in [0.5, 0.6) is 11.5 Å². The number of hydrogen-bond donors (Lipinski definition) is 2. The third kappa shape index (κ3) is 3.54.